The molecule has 1 aromatic heterocycles. The fourth-order valence-corrected chi connectivity index (χ4v) is 1.67. The highest BCUT2D eigenvalue weighted by molar-refractivity contribution is 6.04. The molecule has 1 amide bonds. The predicted molar refractivity (Wildman–Crippen MR) is 73.8 cm³/mol. The number of aromatic nitrogens is 1. The fraction of sp³-hybridized carbons (Fsp3) is 0.267. The Morgan fingerprint density at radius 2 is 1.78 bits per heavy atom. The van der Waals surface area contributed by atoms with E-state index >= 15 is 0 Å². The normalized spacial score (nSPS) is 11.3. The second kappa shape index (κ2) is 4.69. The summed E-state index contributed by atoms with van der Waals surface area (Å²) in [6.45, 7) is 6.31. The first-order chi connectivity index (χ1) is 8.47. The highest BCUT2D eigenvalue weighted by Crippen LogP contribution is 2.16. The predicted octanol–water partition coefficient (Wildman–Crippen LogP) is 3.50. The first-order valence-corrected chi connectivity index (χ1v) is 6.02. The molecule has 0 radical (unpaired) electrons. The molecule has 0 atom stereocenters. The van der Waals surface area contributed by atoms with E-state index in [1.54, 1.807) is 0 Å². The van der Waals surface area contributed by atoms with Crippen molar-refractivity contribution in [2.45, 2.75) is 26.3 Å². The molecule has 1 heterocycles. The summed E-state index contributed by atoms with van der Waals surface area (Å²) in [4.78, 5) is 12.0. The van der Waals surface area contributed by atoms with Gasteiger partial charge < -0.3 is 9.88 Å². The summed E-state index contributed by atoms with van der Waals surface area (Å²) in [5.41, 5.74) is 1.48. The number of benzene rings is 1. The topological polar surface area (TPSA) is 34.0 Å². The summed E-state index contributed by atoms with van der Waals surface area (Å²) < 4.78 is 2.03. The molecule has 0 bridgehead atoms. The van der Waals surface area contributed by atoms with E-state index in [1.165, 1.54) is 0 Å². The standard InChI is InChI=1S/C15H18N2O/c1-15(2,3)17-10-9-12(11-17)14(18)16-13-7-5-4-6-8-13/h4-11H,1-3H3,(H,16,18). The summed E-state index contributed by atoms with van der Waals surface area (Å²) in [6.07, 6.45) is 3.80. The van der Waals surface area contributed by atoms with Gasteiger partial charge in [-0.3, -0.25) is 4.79 Å². The average Bonchev–Trinajstić information content (AvgIpc) is 2.79. The van der Waals surface area contributed by atoms with Crippen LogP contribution in [0.25, 0.3) is 0 Å². The summed E-state index contributed by atoms with van der Waals surface area (Å²) in [5, 5.41) is 2.87. The minimum Gasteiger partial charge on any atom is -0.348 e. The van der Waals surface area contributed by atoms with Gasteiger partial charge in [0.2, 0.25) is 0 Å². The highest BCUT2D eigenvalue weighted by Gasteiger charge is 2.15. The zero-order valence-corrected chi connectivity index (χ0v) is 11.0. The quantitative estimate of drug-likeness (QED) is 0.859. The van der Waals surface area contributed by atoms with E-state index in [0.717, 1.165) is 5.69 Å². The van der Waals surface area contributed by atoms with E-state index in [-0.39, 0.29) is 11.4 Å². The number of nitrogens with zero attached hydrogens (tertiary/aromatic N) is 1. The molecule has 1 aromatic carbocycles. The second-order valence-electron chi connectivity index (χ2n) is 5.30. The average molecular weight is 242 g/mol. The van der Waals surface area contributed by atoms with Crippen LogP contribution in [0.15, 0.2) is 48.8 Å². The summed E-state index contributed by atoms with van der Waals surface area (Å²) in [6, 6.07) is 11.3. The molecule has 0 saturated heterocycles. The third-order valence-electron chi connectivity index (χ3n) is 2.76. The first kappa shape index (κ1) is 12.4. The number of hydrogen-bond acceptors (Lipinski definition) is 1. The van der Waals surface area contributed by atoms with E-state index in [9.17, 15) is 4.79 Å². The zero-order valence-electron chi connectivity index (χ0n) is 11.0. The van der Waals surface area contributed by atoms with Gasteiger partial charge in [0.25, 0.3) is 5.91 Å². The first-order valence-electron chi connectivity index (χ1n) is 6.02. The van der Waals surface area contributed by atoms with Crippen LogP contribution in [-0.4, -0.2) is 10.5 Å². The lowest BCUT2D eigenvalue weighted by Crippen LogP contribution is -2.20. The number of nitrogens with one attached hydrogen (secondary N) is 1. The van der Waals surface area contributed by atoms with Crippen molar-refractivity contribution in [1.29, 1.82) is 0 Å². The number of para-hydroxylation sites is 1. The number of rotatable bonds is 2. The van der Waals surface area contributed by atoms with E-state index in [0.29, 0.717) is 5.56 Å². The monoisotopic (exact) mass is 242 g/mol. The maximum atomic E-state index is 12.0. The molecule has 0 saturated carbocycles. The van der Waals surface area contributed by atoms with Crippen molar-refractivity contribution >= 4 is 11.6 Å². The Morgan fingerprint density at radius 1 is 1.11 bits per heavy atom. The van der Waals surface area contributed by atoms with Crippen molar-refractivity contribution in [2.24, 2.45) is 0 Å². The molecule has 94 valence electrons. The Balaban J connectivity index is 2.13. The summed E-state index contributed by atoms with van der Waals surface area (Å²) in [5.74, 6) is -0.0794. The minimum absolute atomic E-state index is 0.00865. The molecular formula is C15H18N2O. The molecule has 0 aliphatic rings. The molecule has 1 N–H and O–H groups in total. The van der Waals surface area contributed by atoms with Crippen molar-refractivity contribution in [2.75, 3.05) is 5.32 Å². The van der Waals surface area contributed by atoms with Crippen molar-refractivity contribution in [3.05, 3.63) is 54.4 Å². The molecule has 3 nitrogen and oxygen atoms in total. The molecule has 0 spiro atoms. The van der Waals surface area contributed by atoms with Crippen molar-refractivity contribution < 1.29 is 4.79 Å². The largest absolute Gasteiger partial charge is 0.348 e. The van der Waals surface area contributed by atoms with Crippen LogP contribution < -0.4 is 5.32 Å². The van der Waals surface area contributed by atoms with Crippen LogP contribution in [0.3, 0.4) is 0 Å². The number of hydrogen-bond donors (Lipinski definition) is 1. The maximum Gasteiger partial charge on any atom is 0.257 e. The molecule has 0 aliphatic carbocycles. The molecule has 0 unspecified atom stereocenters. The SMILES string of the molecule is CC(C)(C)n1ccc(C(=O)Nc2ccccc2)c1. The fourth-order valence-electron chi connectivity index (χ4n) is 1.67. The van der Waals surface area contributed by atoms with E-state index < -0.39 is 0 Å². The third kappa shape index (κ3) is 2.80. The van der Waals surface area contributed by atoms with Gasteiger partial charge in [-0.15, -0.1) is 0 Å². The Labute approximate surface area is 107 Å². The lowest BCUT2D eigenvalue weighted by Gasteiger charge is -2.20. The van der Waals surface area contributed by atoms with E-state index in [4.69, 9.17) is 0 Å². The lowest BCUT2D eigenvalue weighted by atomic mass is 10.1. The van der Waals surface area contributed by atoms with Crippen LogP contribution in [0, 0.1) is 0 Å². The molecule has 2 rings (SSSR count). The highest BCUT2D eigenvalue weighted by atomic mass is 16.1. The smallest absolute Gasteiger partial charge is 0.257 e. The Morgan fingerprint density at radius 3 is 2.33 bits per heavy atom. The van der Waals surface area contributed by atoms with Gasteiger partial charge in [0.1, 0.15) is 0 Å². The minimum atomic E-state index is -0.0794. The van der Waals surface area contributed by atoms with Gasteiger partial charge in [-0.2, -0.15) is 0 Å². The molecule has 0 aliphatic heterocycles. The Hall–Kier alpha value is -2.03. The molecular weight excluding hydrogens is 224 g/mol. The lowest BCUT2D eigenvalue weighted by molar-refractivity contribution is 0.102. The van der Waals surface area contributed by atoms with Crippen LogP contribution in [0.2, 0.25) is 0 Å². The number of carbonyl (C=O) groups is 1. The van der Waals surface area contributed by atoms with Crippen LogP contribution in [0.1, 0.15) is 31.1 Å². The van der Waals surface area contributed by atoms with Crippen molar-refractivity contribution in [3.63, 3.8) is 0 Å². The van der Waals surface area contributed by atoms with Gasteiger partial charge in [0, 0.05) is 23.6 Å². The second-order valence-corrected chi connectivity index (χ2v) is 5.30. The number of carbonyl (C=O) groups excluding carboxylic acids is 1. The number of amides is 1. The molecule has 0 fully saturated rings. The van der Waals surface area contributed by atoms with Gasteiger partial charge in [-0.05, 0) is 39.0 Å². The van der Waals surface area contributed by atoms with Crippen molar-refractivity contribution in [1.82, 2.24) is 4.57 Å². The molecule has 2 aromatic rings. The van der Waals surface area contributed by atoms with E-state index in [2.05, 4.69) is 26.1 Å². The van der Waals surface area contributed by atoms with Crippen molar-refractivity contribution in [3.8, 4) is 0 Å². The molecule has 18 heavy (non-hydrogen) atoms. The van der Waals surface area contributed by atoms with Crippen LogP contribution >= 0.6 is 0 Å². The Kier molecular flexibility index (Phi) is 3.24. The van der Waals surface area contributed by atoms with E-state index in [1.807, 2.05) is 53.4 Å². The van der Waals surface area contributed by atoms with Crippen LogP contribution in [0.5, 0.6) is 0 Å². The summed E-state index contributed by atoms with van der Waals surface area (Å²) >= 11 is 0. The summed E-state index contributed by atoms with van der Waals surface area (Å²) in [7, 11) is 0. The van der Waals surface area contributed by atoms with Gasteiger partial charge >= 0.3 is 0 Å². The van der Waals surface area contributed by atoms with Gasteiger partial charge in [-0.1, -0.05) is 18.2 Å². The van der Waals surface area contributed by atoms with Gasteiger partial charge in [-0.25, -0.2) is 0 Å². The maximum absolute atomic E-state index is 12.0. The zero-order chi connectivity index (χ0) is 13.2. The van der Waals surface area contributed by atoms with Crippen LogP contribution in [0.4, 0.5) is 5.69 Å². The molecule has 3 heteroatoms. The third-order valence-corrected chi connectivity index (χ3v) is 2.76. The van der Waals surface area contributed by atoms with Gasteiger partial charge in [0.05, 0.1) is 5.56 Å². The van der Waals surface area contributed by atoms with Gasteiger partial charge in [0.15, 0.2) is 0 Å². The van der Waals surface area contributed by atoms with Crippen LogP contribution in [-0.2, 0) is 5.54 Å². The Bertz CT molecular complexity index is 535. The number of anilines is 1.